The topological polar surface area (TPSA) is 74.6 Å². The fourth-order valence-corrected chi connectivity index (χ4v) is 1.50. The van der Waals surface area contributed by atoms with Crippen LogP contribution < -0.4 is 0 Å². The number of carbonyl (C=O) groups excluding carboxylic acids is 1. The highest BCUT2D eigenvalue weighted by Gasteiger charge is 2.16. The number of benzene rings is 1. The van der Waals surface area contributed by atoms with Gasteiger partial charge in [0.25, 0.3) is 0 Å². The van der Waals surface area contributed by atoms with Crippen LogP contribution in [0.2, 0.25) is 0 Å². The van der Waals surface area contributed by atoms with Crippen molar-refractivity contribution >= 4 is 11.8 Å². The van der Waals surface area contributed by atoms with Crippen molar-refractivity contribution in [3.8, 4) is 0 Å². The van der Waals surface area contributed by atoms with Crippen LogP contribution in [0.3, 0.4) is 0 Å². The van der Waals surface area contributed by atoms with E-state index in [-0.39, 0.29) is 5.78 Å². The molecule has 1 rings (SSSR count). The fraction of sp³-hybridized carbons (Fsp3) is 0.333. The van der Waals surface area contributed by atoms with E-state index in [2.05, 4.69) is 0 Å². The third kappa shape index (κ3) is 2.90. The SMILES string of the molecule is CC(=O)Cc1ccc(C(O)C(=O)O)cc1C. The van der Waals surface area contributed by atoms with E-state index in [0.717, 1.165) is 11.1 Å². The molecule has 0 spiro atoms. The number of carboxylic acids is 1. The van der Waals surface area contributed by atoms with Gasteiger partial charge < -0.3 is 10.2 Å². The minimum absolute atomic E-state index is 0.0506. The van der Waals surface area contributed by atoms with E-state index >= 15 is 0 Å². The van der Waals surface area contributed by atoms with Crippen molar-refractivity contribution in [1.82, 2.24) is 0 Å². The monoisotopic (exact) mass is 222 g/mol. The Morgan fingerprint density at radius 3 is 2.44 bits per heavy atom. The molecule has 1 atom stereocenters. The average Bonchev–Trinajstić information content (AvgIpc) is 2.19. The van der Waals surface area contributed by atoms with E-state index in [1.165, 1.54) is 13.0 Å². The molecule has 1 aromatic rings. The van der Waals surface area contributed by atoms with Crippen molar-refractivity contribution in [2.75, 3.05) is 0 Å². The molecule has 0 fully saturated rings. The van der Waals surface area contributed by atoms with Gasteiger partial charge in [0.15, 0.2) is 6.10 Å². The molecule has 0 bridgehead atoms. The number of carbonyl (C=O) groups is 2. The second-order valence-corrected chi connectivity index (χ2v) is 3.81. The van der Waals surface area contributed by atoms with Crippen LogP contribution in [-0.2, 0) is 16.0 Å². The second kappa shape index (κ2) is 4.90. The Labute approximate surface area is 93.5 Å². The molecule has 0 aliphatic carbocycles. The number of aryl methyl sites for hydroxylation is 1. The first-order valence-electron chi connectivity index (χ1n) is 4.91. The van der Waals surface area contributed by atoms with Crippen molar-refractivity contribution < 1.29 is 19.8 Å². The van der Waals surface area contributed by atoms with E-state index in [0.29, 0.717) is 12.0 Å². The largest absolute Gasteiger partial charge is 0.479 e. The molecular formula is C12H14O4. The molecule has 4 heteroatoms. The Balaban J connectivity index is 2.99. The van der Waals surface area contributed by atoms with Gasteiger partial charge in [-0.3, -0.25) is 4.79 Å². The lowest BCUT2D eigenvalue weighted by molar-refractivity contribution is -0.147. The second-order valence-electron chi connectivity index (χ2n) is 3.81. The zero-order valence-corrected chi connectivity index (χ0v) is 9.23. The molecule has 0 heterocycles. The van der Waals surface area contributed by atoms with Crippen LogP contribution in [0.4, 0.5) is 0 Å². The van der Waals surface area contributed by atoms with Crippen LogP contribution in [0.25, 0.3) is 0 Å². The molecule has 2 N–H and O–H groups in total. The lowest BCUT2D eigenvalue weighted by atomic mass is 9.99. The smallest absolute Gasteiger partial charge is 0.337 e. The Kier molecular flexibility index (Phi) is 3.79. The Bertz CT molecular complexity index is 423. The molecule has 86 valence electrons. The lowest BCUT2D eigenvalue weighted by Crippen LogP contribution is -2.11. The fourth-order valence-electron chi connectivity index (χ4n) is 1.50. The van der Waals surface area contributed by atoms with Crippen molar-refractivity contribution in [3.05, 3.63) is 34.9 Å². The summed E-state index contributed by atoms with van der Waals surface area (Å²) >= 11 is 0. The maximum atomic E-state index is 10.9. The van der Waals surface area contributed by atoms with Gasteiger partial charge in [0.1, 0.15) is 5.78 Å². The number of Topliss-reactive ketones (excluding diaryl/α,β-unsaturated/α-hetero) is 1. The minimum atomic E-state index is -1.51. The van der Waals surface area contributed by atoms with Crippen molar-refractivity contribution in [1.29, 1.82) is 0 Å². The first kappa shape index (κ1) is 12.4. The van der Waals surface area contributed by atoms with Gasteiger partial charge in [-0.2, -0.15) is 0 Å². The third-order valence-electron chi connectivity index (χ3n) is 2.36. The van der Waals surface area contributed by atoms with E-state index in [9.17, 15) is 14.7 Å². The molecule has 0 saturated carbocycles. The van der Waals surface area contributed by atoms with Crippen LogP contribution in [0, 0.1) is 6.92 Å². The average molecular weight is 222 g/mol. The van der Waals surface area contributed by atoms with Crippen LogP contribution >= 0.6 is 0 Å². The Morgan fingerprint density at radius 2 is 2.00 bits per heavy atom. The van der Waals surface area contributed by atoms with Crippen LogP contribution in [-0.4, -0.2) is 22.0 Å². The first-order chi connectivity index (χ1) is 7.41. The molecule has 0 radical (unpaired) electrons. The number of hydrogen-bond acceptors (Lipinski definition) is 3. The Morgan fingerprint density at radius 1 is 1.38 bits per heavy atom. The van der Waals surface area contributed by atoms with Gasteiger partial charge in [0, 0.05) is 6.42 Å². The van der Waals surface area contributed by atoms with E-state index in [4.69, 9.17) is 5.11 Å². The molecule has 0 aliphatic rings. The Hall–Kier alpha value is -1.68. The highest BCUT2D eigenvalue weighted by Crippen LogP contribution is 2.18. The van der Waals surface area contributed by atoms with Gasteiger partial charge in [-0.15, -0.1) is 0 Å². The molecule has 1 aromatic carbocycles. The van der Waals surface area contributed by atoms with Crippen molar-refractivity contribution in [2.45, 2.75) is 26.4 Å². The summed E-state index contributed by atoms with van der Waals surface area (Å²) in [4.78, 5) is 21.5. The minimum Gasteiger partial charge on any atom is -0.479 e. The molecular weight excluding hydrogens is 208 g/mol. The van der Waals surface area contributed by atoms with Crippen LogP contribution in [0.1, 0.15) is 29.7 Å². The number of rotatable bonds is 4. The lowest BCUT2D eigenvalue weighted by Gasteiger charge is -2.09. The molecule has 0 amide bonds. The number of aliphatic hydroxyl groups excluding tert-OH is 1. The summed E-state index contributed by atoms with van der Waals surface area (Å²) in [5.74, 6) is -1.23. The number of hydrogen-bond donors (Lipinski definition) is 2. The maximum absolute atomic E-state index is 10.9. The van der Waals surface area contributed by atoms with Gasteiger partial charge in [0.2, 0.25) is 0 Å². The quantitative estimate of drug-likeness (QED) is 0.803. The van der Waals surface area contributed by atoms with Gasteiger partial charge >= 0.3 is 5.97 Å². The molecule has 1 unspecified atom stereocenters. The van der Waals surface area contributed by atoms with Gasteiger partial charge in [0.05, 0.1) is 0 Å². The summed E-state index contributed by atoms with van der Waals surface area (Å²) in [5, 5.41) is 18.0. The predicted molar refractivity (Wildman–Crippen MR) is 58.2 cm³/mol. The highest BCUT2D eigenvalue weighted by molar-refractivity contribution is 5.79. The normalized spacial score (nSPS) is 12.2. The summed E-state index contributed by atoms with van der Waals surface area (Å²) in [7, 11) is 0. The molecule has 0 aliphatic heterocycles. The maximum Gasteiger partial charge on any atom is 0.337 e. The van der Waals surface area contributed by atoms with Crippen molar-refractivity contribution in [3.63, 3.8) is 0 Å². The van der Waals surface area contributed by atoms with E-state index in [1.807, 2.05) is 0 Å². The summed E-state index contributed by atoms with van der Waals surface area (Å²) in [6.07, 6.45) is -1.18. The number of ketones is 1. The number of aliphatic carboxylic acids is 1. The first-order valence-corrected chi connectivity index (χ1v) is 4.91. The van der Waals surface area contributed by atoms with E-state index < -0.39 is 12.1 Å². The molecule has 16 heavy (non-hydrogen) atoms. The van der Waals surface area contributed by atoms with Crippen molar-refractivity contribution in [2.24, 2.45) is 0 Å². The van der Waals surface area contributed by atoms with Crippen LogP contribution in [0.5, 0.6) is 0 Å². The third-order valence-corrected chi connectivity index (χ3v) is 2.36. The van der Waals surface area contributed by atoms with Crippen LogP contribution in [0.15, 0.2) is 18.2 Å². The van der Waals surface area contributed by atoms with Gasteiger partial charge in [-0.05, 0) is 30.5 Å². The standard InChI is InChI=1S/C12H14O4/c1-7-5-10(11(14)12(15)16)4-3-9(7)6-8(2)13/h3-5,11,14H,6H2,1-2H3,(H,15,16). The molecule has 0 saturated heterocycles. The summed E-state index contributed by atoms with van der Waals surface area (Å²) in [6, 6.07) is 4.80. The zero-order chi connectivity index (χ0) is 12.3. The predicted octanol–water partition coefficient (Wildman–Crippen LogP) is 1.24. The summed E-state index contributed by atoms with van der Waals surface area (Å²) < 4.78 is 0. The summed E-state index contributed by atoms with van der Waals surface area (Å²) in [6.45, 7) is 3.29. The zero-order valence-electron chi connectivity index (χ0n) is 9.23. The highest BCUT2D eigenvalue weighted by atomic mass is 16.4. The van der Waals surface area contributed by atoms with E-state index in [1.54, 1.807) is 19.1 Å². The number of aliphatic hydroxyl groups is 1. The molecule has 0 aromatic heterocycles. The van der Waals surface area contributed by atoms with Gasteiger partial charge in [-0.25, -0.2) is 4.79 Å². The number of carboxylic acid groups (broad SMARTS) is 1. The van der Waals surface area contributed by atoms with Gasteiger partial charge in [-0.1, -0.05) is 18.2 Å². The molecule has 4 nitrogen and oxygen atoms in total. The summed E-state index contributed by atoms with van der Waals surface area (Å²) in [5.41, 5.74) is 2.00.